The van der Waals surface area contributed by atoms with E-state index in [1.165, 1.54) is 5.39 Å². The Morgan fingerprint density at radius 1 is 1.26 bits per heavy atom. The van der Waals surface area contributed by atoms with Crippen molar-refractivity contribution in [1.82, 2.24) is 4.90 Å². The normalized spacial score (nSPS) is 19.6. The molecule has 1 fully saturated rings. The average molecular weight is 312 g/mol. The summed E-state index contributed by atoms with van der Waals surface area (Å²) >= 11 is 0. The zero-order valence-corrected chi connectivity index (χ0v) is 13.6. The Hall–Kier alpha value is -2.07. The van der Waals surface area contributed by atoms with Crippen molar-refractivity contribution in [3.63, 3.8) is 0 Å². The Balaban J connectivity index is 1.65. The fraction of sp³-hybridized carbons (Fsp3) is 0.421. The standard InChI is InChI=1S/C19H24N2O2/c1-14(20)18-8-4-5-11-21(18)19(22)13-23-17-10-9-15-6-2-3-7-16(15)12-17/h2-3,6-7,9-10,12,14,18H,4-5,8,11,13,20H2,1H3. The molecule has 4 heteroatoms. The summed E-state index contributed by atoms with van der Waals surface area (Å²) in [5.41, 5.74) is 6.03. The fourth-order valence-corrected chi connectivity index (χ4v) is 3.30. The van der Waals surface area contributed by atoms with Gasteiger partial charge in [0.15, 0.2) is 6.61 Å². The summed E-state index contributed by atoms with van der Waals surface area (Å²) in [5.74, 6) is 0.756. The van der Waals surface area contributed by atoms with Gasteiger partial charge in [0, 0.05) is 18.6 Å². The van der Waals surface area contributed by atoms with E-state index in [0.717, 1.165) is 36.9 Å². The molecule has 1 aliphatic heterocycles. The molecule has 0 saturated carbocycles. The van der Waals surface area contributed by atoms with Crippen LogP contribution in [-0.4, -0.2) is 36.0 Å². The number of piperidine rings is 1. The van der Waals surface area contributed by atoms with E-state index in [1.807, 2.05) is 48.2 Å². The number of hydrogen-bond acceptors (Lipinski definition) is 3. The SMILES string of the molecule is CC(N)C1CCCCN1C(=O)COc1ccc2ccccc2c1. The lowest BCUT2D eigenvalue weighted by Crippen LogP contribution is -2.52. The molecule has 4 nitrogen and oxygen atoms in total. The third-order valence-electron chi connectivity index (χ3n) is 4.56. The molecule has 2 atom stereocenters. The summed E-state index contributed by atoms with van der Waals surface area (Å²) < 4.78 is 5.73. The number of carbonyl (C=O) groups excluding carboxylic acids is 1. The molecule has 0 bridgehead atoms. The topological polar surface area (TPSA) is 55.6 Å². The van der Waals surface area contributed by atoms with Crippen molar-refractivity contribution in [1.29, 1.82) is 0 Å². The minimum absolute atomic E-state index is 0.0000751. The summed E-state index contributed by atoms with van der Waals surface area (Å²) in [6.45, 7) is 2.83. The number of rotatable bonds is 4. The second-order valence-electron chi connectivity index (χ2n) is 6.31. The van der Waals surface area contributed by atoms with Gasteiger partial charge in [-0.15, -0.1) is 0 Å². The molecule has 1 aliphatic rings. The van der Waals surface area contributed by atoms with Gasteiger partial charge < -0.3 is 15.4 Å². The van der Waals surface area contributed by atoms with Crippen LogP contribution < -0.4 is 10.5 Å². The maximum Gasteiger partial charge on any atom is 0.260 e. The first kappa shape index (κ1) is 15.8. The third kappa shape index (κ3) is 3.64. The molecule has 1 saturated heterocycles. The molecule has 2 N–H and O–H groups in total. The molecule has 2 aromatic rings. The van der Waals surface area contributed by atoms with Gasteiger partial charge in [-0.3, -0.25) is 4.79 Å². The van der Waals surface area contributed by atoms with Crippen molar-refractivity contribution in [3.8, 4) is 5.75 Å². The van der Waals surface area contributed by atoms with Gasteiger partial charge in [0.1, 0.15) is 5.75 Å². The van der Waals surface area contributed by atoms with E-state index < -0.39 is 0 Å². The Kier molecular flexibility index (Phi) is 4.82. The molecule has 0 radical (unpaired) electrons. The maximum atomic E-state index is 12.5. The lowest BCUT2D eigenvalue weighted by molar-refractivity contribution is -0.137. The number of hydrogen-bond donors (Lipinski definition) is 1. The van der Waals surface area contributed by atoms with Gasteiger partial charge >= 0.3 is 0 Å². The largest absolute Gasteiger partial charge is 0.484 e. The van der Waals surface area contributed by atoms with E-state index in [9.17, 15) is 4.79 Å². The maximum absolute atomic E-state index is 12.5. The van der Waals surface area contributed by atoms with E-state index in [0.29, 0.717) is 0 Å². The van der Waals surface area contributed by atoms with Gasteiger partial charge in [-0.2, -0.15) is 0 Å². The zero-order chi connectivity index (χ0) is 16.2. The Labute approximate surface area is 137 Å². The molecular formula is C19H24N2O2. The molecular weight excluding hydrogens is 288 g/mol. The summed E-state index contributed by atoms with van der Waals surface area (Å²) in [4.78, 5) is 14.4. The minimum Gasteiger partial charge on any atom is -0.484 e. The first-order chi connectivity index (χ1) is 11.1. The van der Waals surface area contributed by atoms with Gasteiger partial charge in [0.25, 0.3) is 5.91 Å². The van der Waals surface area contributed by atoms with Crippen molar-refractivity contribution in [3.05, 3.63) is 42.5 Å². The van der Waals surface area contributed by atoms with Crippen LogP contribution in [0.25, 0.3) is 10.8 Å². The number of nitrogens with two attached hydrogens (primary N) is 1. The highest BCUT2D eigenvalue weighted by Crippen LogP contribution is 2.22. The summed E-state index contributed by atoms with van der Waals surface area (Å²) in [6, 6.07) is 14.1. The third-order valence-corrected chi connectivity index (χ3v) is 4.56. The Bertz CT molecular complexity index is 684. The molecule has 3 rings (SSSR count). The predicted octanol–water partition coefficient (Wildman–Crippen LogP) is 2.95. The fourth-order valence-electron chi connectivity index (χ4n) is 3.30. The van der Waals surface area contributed by atoms with Crippen LogP contribution in [-0.2, 0) is 4.79 Å². The van der Waals surface area contributed by atoms with Gasteiger partial charge in [0.05, 0.1) is 0 Å². The quantitative estimate of drug-likeness (QED) is 0.944. The van der Waals surface area contributed by atoms with Crippen LogP contribution in [0.2, 0.25) is 0 Å². The smallest absolute Gasteiger partial charge is 0.260 e. The lowest BCUT2D eigenvalue weighted by atomic mass is 9.97. The molecule has 1 heterocycles. The summed E-state index contributed by atoms with van der Waals surface area (Å²) in [6.07, 6.45) is 3.17. The molecule has 0 spiro atoms. The van der Waals surface area contributed by atoms with E-state index in [1.54, 1.807) is 0 Å². The van der Waals surface area contributed by atoms with Crippen LogP contribution in [0, 0.1) is 0 Å². The minimum atomic E-state index is -0.0000751. The van der Waals surface area contributed by atoms with Crippen molar-refractivity contribution >= 4 is 16.7 Å². The van der Waals surface area contributed by atoms with Crippen LogP contribution >= 0.6 is 0 Å². The number of carbonyl (C=O) groups is 1. The monoisotopic (exact) mass is 312 g/mol. The number of likely N-dealkylation sites (tertiary alicyclic amines) is 1. The van der Waals surface area contributed by atoms with Crippen LogP contribution in [0.1, 0.15) is 26.2 Å². The molecule has 122 valence electrons. The summed E-state index contributed by atoms with van der Waals surface area (Å²) in [7, 11) is 0. The van der Waals surface area contributed by atoms with Crippen LogP contribution in [0.4, 0.5) is 0 Å². The molecule has 0 aliphatic carbocycles. The van der Waals surface area contributed by atoms with Crippen molar-refractivity contribution < 1.29 is 9.53 Å². The number of benzene rings is 2. The van der Waals surface area contributed by atoms with E-state index >= 15 is 0 Å². The van der Waals surface area contributed by atoms with E-state index in [4.69, 9.17) is 10.5 Å². The highest BCUT2D eigenvalue weighted by molar-refractivity contribution is 5.84. The number of fused-ring (bicyclic) bond motifs is 1. The molecule has 2 unspecified atom stereocenters. The number of amides is 1. The molecule has 1 amide bonds. The predicted molar refractivity (Wildman–Crippen MR) is 92.4 cm³/mol. The van der Waals surface area contributed by atoms with E-state index in [2.05, 4.69) is 6.07 Å². The molecule has 23 heavy (non-hydrogen) atoms. The zero-order valence-electron chi connectivity index (χ0n) is 13.6. The van der Waals surface area contributed by atoms with Gasteiger partial charge in [-0.05, 0) is 49.1 Å². The number of nitrogens with zero attached hydrogens (tertiary/aromatic N) is 1. The second kappa shape index (κ2) is 7.01. The highest BCUT2D eigenvalue weighted by atomic mass is 16.5. The Morgan fingerprint density at radius 2 is 2.04 bits per heavy atom. The highest BCUT2D eigenvalue weighted by Gasteiger charge is 2.29. The second-order valence-corrected chi connectivity index (χ2v) is 6.31. The first-order valence-corrected chi connectivity index (χ1v) is 8.32. The van der Waals surface area contributed by atoms with Crippen molar-refractivity contribution in [2.45, 2.75) is 38.3 Å². The van der Waals surface area contributed by atoms with E-state index in [-0.39, 0.29) is 24.6 Å². The number of ether oxygens (including phenoxy) is 1. The van der Waals surface area contributed by atoms with Gasteiger partial charge in [0.2, 0.25) is 0 Å². The molecule has 0 aromatic heterocycles. The van der Waals surface area contributed by atoms with Crippen LogP contribution in [0.5, 0.6) is 5.75 Å². The average Bonchev–Trinajstić information content (AvgIpc) is 2.59. The van der Waals surface area contributed by atoms with Crippen molar-refractivity contribution in [2.75, 3.05) is 13.2 Å². The van der Waals surface area contributed by atoms with Crippen LogP contribution in [0.3, 0.4) is 0 Å². The van der Waals surface area contributed by atoms with Gasteiger partial charge in [-0.1, -0.05) is 30.3 Å². The summed E-state index contributed by atoms with van der Waals surface area (Å²) in [5, 5.41) is 2.28. The molecule has 2 aromatic carbocycles. The van der Waals surface area contributed by atoms with Crippen molar-refractivity contribution in [2.24, 2.45) is 5.73 Å². The van der Waals surface area contributed by atoms with Crippen LogP contribution in [0.15, 0.2) is 42.5 Å². The Morgan fingerprint density at radius 3 is 2.83 bits per heavy atom. The lowest BCUT2D eigenvalue weighted by Gasteiger charge is -2.38. The van der Waals surface area contributed by atoms with Gasteiger partial charge in [-0.25, -0.2) is 0 Å². The first-order valence-electron chi connectivity index (χ1n) is 8.32.